The van der Waals surface area contributed by atoms with Crippen LogP contribution in [0.4, 0.5) is 0 Å². The first-order valence-corrected chi connectivity index (χ1v) is 12.7. The molecule has 1 aromatic heterocycles. The van der Waals surface area contributed by atoms with E-state index in [2.05, 4.69) is 21.9 Å². The Hall–Kier alpha value is -4.66. The molecule has 1 amide bonds. The monoisotopic (exact) mass is 557 g/mol. The van der Waals surface area contributed by atoms with Gasteiger partial charge in [-0.15, -0.1) is 0 Å². The van der Waals surface area contributed by atoms with Gasteiger partial charge in [0.05, 0.1) is 36.4 Å². The zero-order chi connectivity index (χ0) is 28.6. The van der Waals surface area contributed by atoms with Crippen LogP contribution in [0, 0.1) is 0 Å². The number of aromatic amines is 1. The second-order valence-corrected chi connectivity index (χ2v) is 9.06. The first kappa shape index (κ1) is 28.4. The molecule has 0 bridgehead atoms. The molecule has 0 saturated heterocycles. The number of halogens is 1. The summed E-state index contributed by atoms with van der Waals surface area (Å²) < 4.78 is 10.6. The predicted octanol–water partition coefficient (Wildman–Crippen LogP) is 6.24. The van der Waals surface area contributed by atoms with Crippen molar-refractivity contribution in [3.63, 3.8) is 0 Å². The van der Waals surface area contributed by atoms with Crippen molar-refractivity contribution in [1.29, 1.82) is 0 Å². The van der Waals surface area contributed by atoms with Crippen LogP contribution in [0.25, 0.3) is 22.2 Å². The number of amides is 1. The molecule has 4 aromatic rings. The molecule has 0 fully saturated rings. The SMILES string of the molecule is C=C(/C(=C\C=C\Cl)c1nc2ccc(OC)cc2[nH]1)c1ccc(C(=O)N[C@H](COC)c2ccccc2)cc1C(=O)O. The lowest BCUT2D eigenvalue weighted by Gasteiger charge is -2.19. The van der Waals surface area contributed by atoms with Crippen LogP contribution >= 0.6 is 11.6 Å². The molecule has 9 heteroatoms. The smallest absolute Gasteiger partial charge is 0.336 e. The van der Waals surface area contributed by atoms with Crippen LogP contribution in [0.15, 0.2) is 91.0 Å². The third kappa shape index (κ3) is 6.31. The number of nitrogens with zero attached hydrogens (tertiary/aromatic N) is 1. The quantitative estimate of drug-likeness (QED) is 0.188. The second kappa shape index (κ2) is 12.9. The molecule has 0 aliphatic carbocycles. The van der Waals surface area contributed by atoms with E-state index in [1.165, 1.54) is 11.6 Å². The molecule has 0 aliphatic rings. The average molecular weight is 558 g/mol. The van der Waals surface area contributed by atoms with E-state index in [1.54, 1.807) is 44.6 Å². The van der Waals surface area contributed by atoms with Crippen molar-refractivity contribution in [2.45, 2.75) is 6.04 Å². The van der Waals surface area contributed by atoms with Crippen LogP contribution in [0.2, 0.25) is 0 Å². The van der Waals surface area contributed by atoms with Gasteiger partial charge in [0.1, 0.15) is 11.6 Å². The van der Waals surface area contributed by atoms with E-state index in [4.69, 9.17) is 21.1 Å². The average Bonchev–Trinajstić information content (AvgIpc) is 3.40. The molecule has 0 saturated carbocycles. The fourth-order valence-electron chi connectivity index (χ4n) is 4.28. The summed E-state index contributed by atoms with van der Waals surface area (Å²) in [7, 11) is 3.13. The summed E-state index contributed by atoms with van der Waals surface area (Å²) in [5, 5.41) is 13.0. The molecule has 204 valence electrons. The molecule has 3 N–H and O–H groups in total. The second-order valence-electron chi connectivity index (χ2n) is 8.80. The number of fused-ring (bicyclic) bond motifs is 1. The Kier molecular flexibility index (Phi) is 9.16. The lowest BCUT2D eigenvalue weighted by atomic mass is 9.92. The maximum atomic E-state index is 13.2. The van der Waals surface area contributed by atoms with E-state index in [0.29, 0.717) is 33.8 Å². The Labute approximate surface area is 236 Å². The highest BCUT2D eigenvalue weighted by atomic mass is 35.5. The van der Waals surface area contributed by atoms with Gasteiger partial charge in [-0.25, -0.2) is 9.78 Å². The number of H-pyrrole nitrogens is 1. The van der Waals surface area contributed by atoms with Gasteiger partial charge in [-0.2, -0.15) is 0 Å². The Balaban J connectivity index is 1.69. The van der Waals surface area contributed by atoms with Gasteiger partial charge in [-0.05, 0) is 47.0 Å². The van der Waals surface area contributed by atoms with Gasteiger partial charge in [-0.3, -0.25) is 4.79 Å². The lowest BCUT2D eigenvalue weighted by molar-refractivity contribution is 0.0696. The van der Waals surface area contributed by atoms with Crippen LogP contribution < -0.4 is 10.1 Å². The third-order valence-electron chi connectivity index (χ3n) is 6.28. The summed E-state index contributed by atoms with van der Waals surface area (Å²) in [4.78, 5) is 33.4. The molecule has 1 atom stereocenters. The highest BCUT2D eigenvalue weighted by Gasteiger charge is 2.22. The molecule has 3 aromatic carbocycles. The number of ether oxygens (including phenoxy) is 2. The van der Waals surface area contributed by atoms with Crippen molar-refractivity contribution in [1.82, 2.24) is 15.3 Å². The summed E-state index contributed by atoms with van der Waals surface area (Å²) in [6, 6.07) is 18.9. The molecule has 0 unspecified atom stereocenters. The molecule has 40 heavy (non-hydrogen) atoms. The molecule has 4 rings (SSSR count). The summed E-state index contributed by atoms with van der Waals surface area (Å²) in [5.41, 5.74) is 4.96. The minimum atomic E-state index is -1.20. The number of allylic oxidation sites excluding steroid dienone is 4. The zero-order valence-corrected chi connectivity index (χ0v) is 22.7. The molecule has 0 aliphatic heterocycles. The van der Waals surface area contributed by atoms with E-state index in [9.17, 15) is 14.7 Å². The van der Waals surface area contributed by atoms with Gasteiger partial charge >= 0.3 is 5.97 Å². The number of hydrogen-bond acceptors (Lipinski definition) is 5. The van der Waals surface area contributed by atoms with Gasteiger partial charge in [0, 0.05) is 29.8 Å². The first-order valence-electron chi connectivity index (χ1n) is 12.3. The largest absolute Gasteiger partial charge is 0.497 e. The number of carboxylic acid groups (broad SMARTS) is 1. The maximum absolute atomic E-state index is 13.2. The number of carbonyl (C=O) groups excluding carboxylic acids is 1. The minimum Gasteiger partial charge on any atom is -0.497 e. The van der Waals surface area contributed by atoms with Gasteiger partial charge in [-0.1, -0.05) is 60.7 Å². The number of aromatic nitrogens is 2. The van der Waals surface area contributed by atoms with E-state index >= 15 is 0 Å². The van der Waals surface area contributed by atoms with Crippen LogP contribution in [0.1, 0.15) is 43.7 Å². The molecule has 0 radical (unpaired) electrons. The van der Waals surface area contributed by atoms with Crippen LogP contribution in [0.5, 0.6) is 5.75 Å². The van der Waals surface area contributed by atoms with Crippen molar-refractivity contribution in [2.24, 2.45) is 0 Å². The number of benzene rings is 3. The van der Waals surface area contributed by atoms with Crippen LogP contribution in [-0.4, -0.2) is 47.8 Å². The molecular weight excluding hydrogens is 530 g/mol. The van der Waals surface area contributed by atoms with Crippen molar-refractivity contribution < 1.29 is 24.2 Å². The Morgan fingerprint density at radius 3 is 2.55 bits per heavy atom. The van der Waals surface area contributed by atoms with Crippen molar-refractivity contribution in [3.8, 4) is 5.75 Å². The van der Waals surface area contributed by atoms with E-state index in [0.717, 1.165) is 11.1 Å². The number of carbonyl (C=O) groups is 2. The van der Waals surface area contributed by atoms with Gasteiger partial charge in [0.15, 0.2) is 0 Å². The summed E-state index contributed by atoms with van der Waals surface area (Å²) >= 11 is 5.80. The van der Waals surface area contributed by atoms with Crippen molar-refractivity contribution >= 4 is 45.7 Å². The number of nitrogens with one attached hydrogen (secondary N) is 2. The molecular formula is C31H28ClN3O5. The standard InChI is InChI=1S/C31H28ClN3O5/c1-19(24(10-7-15-32)29-33-26-14-12-22(40-3)17-27(26)34-29)23-13-11-21(16-25(23)31(37)38)30(36)35-28(18-39-2)20-8-5-4-6-9-20/h4-17,28H,1,18H2,2-3H3,(H,33,34)(H,35,36)(H,37,38)/b15-7+,24-10+/t28-/m1/s1. The number of hydrogen-bond donors (Lipinski definition) is 3. The van der Waals surface area contributed by atoms with Gasteiger partial charge < -0.3 is 24.9 Å². The summed E-state index contributed by atoms with van der Waals surface area (Å²) in [6.07, 6.45) is 3.28. The minimum absolute atomic E-state index is 0.0841. The van der Waals surface area contributed by atoms with Crippen molar-refractivity contribution in [3.05, 3.63) is 119 Å². The van der Waals surface area contributed by atoms with E-state index < -0.39 is 17.9 Å². The number of methoxy groups -OCH3 is 2. The summed E-state index contributed by atoms with van der Waals surface area (Å²) in [6.45, 7) is 4.43. The summed E-state index contributed by atoms with van der Waals surface area (Å²) in [5.74, 6) is -0.511. The number of aromatic carboxylic acids is 1. The zero-order valence-electron chi connectivity index (χ0n) is 22.0. The molecule has 1 heterocycles. The molecule has 0 spiro atoms. The van der Waals surface area contributed by atoms with E-state index in [1.807, 2.05) is 42.5 Å². The first-order chi connectivity index (χ1) is 19.4. The maximum Gasteiger partial charge on any atom is 0.336 e. The fraction of sp³-hybridized carbons (Fsp3) is 0.129. The number of imidazole rings is 1. The Morgan fingerprint density at radius 1 is 1.10 bits per heavy atom. The van der Waals surface area contributed by atoms with Crippen LogP contribution in [0.3, 0.4) is 0 Å². The lowest BCUT2D eigenvalue weighted by Crippen LogP contribution is -2.31. The number of rotatable bonds is 11. The molecule has 8 nitrogen and oxygen atoms in total. The highest BCUT2D eigenvalue weighted by Crippen LogP contribution is 2.33. The van der Waals surface area contributed by atoms with Gasteiger partial charge in [0.2, 0.25) is 0 Å². The Bertz CT molecular complexity index is 1610. The predicted molar refractivity (Wildman–Crippen MR) is 157 cm³/mol. The Morgan fingerprint density at radius 2 is 1.88 bits per heavy atom. The normalized spacial score (nSPS) is 12.4. The van der Waals surface area contributed by atoms with Gasteiger partial charge in [0.25, 0.3) is 5.91 Å². The number of carboxylic acids is 1. The van der Waals surface area contributed by atoms with E-state index in [-0.39, 0.29) is 17.7 Å². The van der Waals surface area contributed by atoms with Crippen LogP contribution in [-0.2, 0) is 4.74 Å². The topological polar surface area (TPSA) is 114 Å². The third-order valence-corrected chi connectivity index (χ3v) is 6.43. The van der Waals surface area contributed by atoms with Crippen molar-refractivity contribution in [2.75, 3.05) is 20.8 Å². The highest BCUT2D eigenvalue weighted by molar-refractivity contribution is 6.25. The fourth-order valence-corrected chi connectivity index (χ4v) is 4.36.